The van der Waals surface area contributed by atoms with Crippen molar-refractivity contribution in [2.45, 2.75) is 43.2 Å². The highest BCUT2D eigenvalue weighted by Gasteiger charge is 2.48. The Morgan fingerprint density at radius 1 is 0.933 bits per heavy atom. The zero-order valence-corrected chi connectivity index (χ0v) is 19.1. The third kappa shape index (κ3) is 3.44. The normalized spacial score (nSPS) is 25.6. The van der Waals surface area contributed by atoms with Crippen LogP contribution in [0.25, 0.3) is 10.9 Å². The Hall–Kier alpha value is -1.59. The number of aromatic nitrogens is 1. The lowest BCUT2D eigenvalue weighted by Gasteiger charge is -2.51. The van der Waals surface area contributed by atoms with Gasteiger partial charge in [-0.3, -0.25) is 4.90 Å². The maximum atomic E-state index is 13.9. The zero-order valence-electron chi connectivity index (χ0n) is 17.5. The standard InChI is InChI=1S/C24H28FN3.2ClH/c1-28(2)24(17-6-4-3-5-7-17)13-11-23(12-14-24)22-19(10-15-26-23)20-16-18(25)8-9-21(20)27-22;;/h3-9,16,26-27H,10-15H2,1-2H3;2*1H. The molecule has 2 N–H and O–H groups in total. The van der Waals surface area contributed by atoms with Gasteiger partial charge in [-0.15, -0.1) is 24.8 Å². The quantitative estimate of drug-likeness (QED) is 0.539. The Bertz CT molecular complexity index is 1010. The van der Waals surface area contributed by atoms with Crippen LogP contribution in [-0.2, 0) is 17.5 Å². The fraction of sp³-hybridized carbons (Fsp3) is 0.417. The highest BCUT2D eigenvalue weighted by Crippen LogP contribution is 2.50. The van der Waals surface area contributed by atoms with Crippen LogP contribution in [-0.4, -0.2) is 30.5 Å². The zero-order chi connectivity index (χ0) is 19.4. The fourth-order valence-corrected chi connectivity index (χ4v) is 5.66. The van der Waals surface area contributed by atoms with Crippen LogP contribution in [0.1, 0.15) is 42.5 Å². The van der Waals surface area contributed by atoms with Gasteiger partial charge < -0.3 is 10.3 Å². The first-order valence-corrected chi connectivity index (χ1v) is 10.3. The van der Waals surface area contributed by atoms with Gasteiger partial charge in [0.1, 0.15) is 5.82 Å². The number of benzene rings is 2. The predicted octanol–water partition coefficient (Wildman–Crippen LogP) is 5.52. The lowest BCUT2D eigenvalue weighted by Crippen LogP contribution is -2.55. The minimum atomic E-state index is -0.152. The lowest BCUT2D eigenvalue weighted by atomic mass is 9.66. The summed E-state index contributed by atoms with van der Waals surface area (Å²) in [4.78, 5) is 6.06. The first-order valence-electron chi connectivity index (χ1n) is 10.3. The molecule has 3 nitrogen and oxygen atoms in total. The Labute approximate surface area is 190 Å². The van der Waals surface area contributed by atoms with E-state index in [0.29, 0.717) is 0 Å². The molecule has 1 fully saturated rings. The lowest BCUT2D eigenvalue weighted by molar-refractivity contribution is 0.0496. The van der Waals surface area contributed by atoms with Crippen molar-refractivity contribution >= 4 is 35.7 Å². The van der Waals surface area contributed by atoms with Crippen molar-refractivity contribution in [2.24, 2.45) is 0 Å². The molecule has 0 unspecified atom stereocenters. The van der Waals surface area contributed by atoms with Crippen LogP contribution < -0.4 is 5.32 Å². The molecule has 2 heterocycles. The van der Waals surface area contributed by atoms with Crippen LogP contribution in [0.4, 0.5) is 4.39 Å². The summed E-state index contributed by atoms with van der Waals surface area (Å²) in [5, 5.41) is 4.91. The average Bonchev–Trinajstić information content (AvgIpc) is 3.09. The van der Waals surface area contributed by atoms with Crippen molar-refractivity contribution in [3.8, 4) is 0 Å². The minimum Gasteiger partial charge on any atom is -0.357 e. The smallest absolute Gasteiger partial charge is 0.123 e. The van der Waals surface area contributed by atoms with Crippen LogP contribution in [0.15, 0.2) is 48.5 Å². The molecule has 0 bridgehead atoms. The van der Waals surface area contributed by atoms with Crippen molar-refractivity contribution in [1.29, 1.82) is 0 Å². The summed E-state index contributed by atoms with van der Waals surface area (Å²) in [5.41, 5.74) is 5.11. The maximum absolute atomic E-state index is 13.9. The fourth-order valence-electron chi connectivity index (χ4n) is 5.66. The van der Waals surface area contributed by atoms with Gasteiger partial charge in [0.05, 0.1) is 5.54 Å². The average molecular weight is 450 g/mol. The molecule has 1 aromatic heterocycles. The molecule has 30 heavy (non-hydrogen) atoms. The number of nitrogens with zero attached hydrogens (tertiary/aromatic N) is 1. The summed E-state index contributed by atoms with van der Waals surface area (Å²) < 4.78 is 13.9. The molecule has 5 rings (SSSR count). The molecule has 2 aliphatic rings. The minimum absolute atomic E-state index is 0. The Balaban J connectivity index is 0.00000128. The molecule has 162 valence electrons. The van der Waals surface area contributed by atoms with Crippen LogP contribution >= 0.6 is 24.8 Å². The summed E-state index contributed by atoms with van der Waals surface area (Å²) in [7, 11) is 4.41. The molecule has 0 radical (unpaired) electrons. The molecule has 1 spiro atoms. The number of fused-ring (bicyclic) bond motifs is 4. The first kappa shape index (κ1) is 23.1. The van der Waals surface area contributed by atoms with E-state index in [-0.39, 0.29) is 41.7 Å². The van der Waals surface area contributed by atoms with E-state index in [0.717, 1.165) is 49.6 Å². The van der Waals surface area contributed by atoms with Gasteiger partial charge in [-0.1, -0.05) is 30.3 Å². The summed E-state index contributed by atoms with van der Waals surface area (Å²) >= 11 is 0. The van der Waals surface area contributed by atoms with Crippen LogP contribution in [0.2, 0.25) is 0 Å². The van der Waals surface area contributed by atoms with Crippen LogP contribution in [0.5, 0.6) is 0 Å². The van der Waals surface area contributed by atoms with Gasteiger partial charge in [-0.25, -0.2) is 4.39 Å². The summed E-state index contributed by atoms with van der Waals surface area (Å²) in [6.45, 7) is 0.955. The van der Waals surface area contributed by atoms with E-state index in [1.165, 1.54) is 16.8 Å². The molecular formula is C24H30Cl2FN3. The van der Waals surface area contributed by atoms with Crippen molar-refractivity contribution in [1.82, 2.24) is 15.2 Å². The number of hydrogen-bond donors (Lipinski definition) is 2. The molecule has 6 heteroatoms. The molecule has 0 amide bonds. The van der Waals surface area contributed by atoms with Gasteiger partial charge in [0, 0.05) is 28.7 Å². The Morgan fingerprint density at radius 3 is 2.30 bits per heavy atom. The summed E-state index contributed by atoms with van der Waals surface area (Å²) in [5.74, 6) is -0.152. The second-order valence-corrected chi connectivity index (χ2v) is 8.72. The van der Waals surface area contributed by atoms with E-state index >= 15 is 0 Å². The molecular weight excluding hydrogens is 420 g/mol. The van der Waals surface area contributed by atoms with Crippen LogP contribution in [0, 0.1) is 5.82 Å². The topological polar surface area (TPSA) is 31.1 Å². The molecule has 1 aliphatic carbocycles. The number of halogens is 3. The highest BCUT2D eigenvalue weighted by molar-refractivity contribution is 5.86. The number of hydrogen-bond acceptors (Lipinski definition) is 2. The summed E-state index contributed by atoms with van der Waals surface area (Å²) in [6, 6.07) is 16.1. The Morgan fingerprint density at radius 2 is 1.63 bits per heavy atom. The van der Waals surface area contributed by atoms with Gasteiger partial charge in [-0.2, -0.15) is 0 Å². The van der Waals surface area contributed by atoms with Gasteiger partial charge in [0.15, 0.2) is 0 Å². The monoisotopic (exact) mass is 449 g/mol. The second kappa shape index (κ2) is 8.51. The second-order valence-electron chi connectivity index (χ2n) is 8.72. The van der Waals surface area contributed by atoms with Crippen molar-refractivity contribution in [2.75, 3.05) is 20.6 Å². The van der Waals surface area contributed by atoms with Gasteiger partial charge >= 0.3 is 0 Å². The van der Waals surface area contributed by atoms with Crippen molar-refractivity contribution in [3.63, 3.8) is 0 Å². The summed E-state index contributed by atoms with van der Waals surface area (Å²) in [6.07, 6.45) is 5.29. The molecule has 1 saturated carbocycles. The molecule has 1 aliphatic heterocycles. The molecule has 0 saturated heterocycles. The number of nitrogens with one attached hydrogen (secondary N) is 2. The Kier molecular flexibility index (Phi) is 6.54. The van der Waals surface area contributed by atoms with Gasteiger partial charge in [0.25, 0.3) is 0 Å². The van der Waals surface area contributed by atoms with Gasteiger partial charge in [-0.05, 0) is 75.5 Å². The van der Waals surface area contributed by atoms with Gasteiger partial charge in [0.2, 0.25) is 0 Å². The third-order valence-corrected chi connectivity index (χ3v) is 7.28. The number of aromatic amines is 1. The molecule has 2 aromatic carbocycles. The molecule has 3 aromatic rings. The van der Waals surface area contributed by atoms with E-state index in [9.17, 15) is 4.39 Å². The predicted molar refractivity (Wildman–Crippen MR) is 126 cm³/mol. The van der Waals surface area contributed by atoms with Crippen LogP contribution in [0.3, 0.4) is 0 Å². The van der Waals surface area contributed by atoms with Crippen molar-refractivity contribution < 1.29 is 4.39 Å². The largest absolute Gasteiger partial charge is 0.357 e. The van der Waals surface area contributed by atoms with E-state index in [4.69, 9.17) is 0 Å². The van der Waals surface area contributed by atoms with Crippen molar-refractivity contribution in [3.05, 3.63) is 71.2 Å². The van der Waals surface area contributed by atoms with E-state index in [1.807, 2.05) is 6.07 Å². The van der Waals surface area contributed by atoms with E-state index < -0.39 is 0 Å². The SMILES string of the molecule is CN(C)C1(c2ccccc2)CCC2(CC1)NCCc1c2[nH]c2ccc(F)cc12.Cl.Cl. The first-order chi connectivity index (χ1) is 13.5. The maximum Gasteiger partial charge on any atom is 0.123 e. The number of H-pyrrole nitrogens is 1. The number of rotatable bonds is 2. The van der Waals surface area contributed by atoms with E-state index in [1.54, 1.807) is 12.1 Å². The molecule has 0 atom stereocenters. The highest BCUT2D eigenvalue weighted by atomic mass is 35.5. The van der Waals surface area contributed by atoms with E-state index in [2.05, 4.69) is 59.6 Å². The third-order valence-electron chi connectivity index (χ3n) is 7.28.